The molecular weight excluding hydrogens is 118 g/mol. The first-order valence-corrected chi connectivity index (χ1v) is 2.58. The molecule has 0 bridgehead atoms. The molecule has 48 valence electrons. The molecule has 1 aliphatic rings. The fourth-order valence-corrected chi connectivity index (χ4v) is 0.526. The maximum absolute atomic E-state index is 10.3. The van der Waals surface area contributed by atoms with E-state index in [-0.39, 0.29) is 0 Å². The molecular formula is C5H7N3O. The van der Waals surface area contributed by atoms with Crippen molar-refractivity contribution in [3.63, 3.8) is 0 Å². The van der Waals surface area contributed by atoms with E-state index < -0.39 is 6.03 Å². The van der Waals surface area contributed by atoms with Crippen LogP contribution in [-0.4, -0.2) is 17.3 Å². The van der Waals surface area contributed by atoms with Gasteiger partial charge >= 0.3 is 6.03 Å². The van der Waals surface area contributed by atoms with Crippen molar-refractivity contribution >= 4 is 12.2 Å². The summed E-state index contributed by atoms with van der Waals surface area (Å²) in [6.07, 6.45) is 5.73. The lowest BCUT2D eigenvalue weighted by molar-refractivity contribution is 0.226. The number of primary amides is 1. The van der Waals surface area contributed by atoms with Crippen molar-refractivity contribution in [3.8, 4) is 0 Å². The van der Waals surface area contributed by atoms with Crippen LogP contribution in [0.5, 0.6) is 0 Å². The lowest BCUT2D eigenvalue weighted by Crippen LogP contribution is -2.27. The zero-order valence-corrected chi connectivity index (χ0v) is 4.82. The van der Waals surface area contributed by atoms with Crippen LogP contribution < -0.4 is 5.73 Å². The van der Waals surface area contributed by atoms with Gasteiger partial charge in [-0.05, 0) is 0 Å². The maximum Gasteiger partial charge on any atom is 0.339 e. The fourth-order valence-electron chi connectivity index (χ4n) is 0.526. The van der Waals surface area contributed by atoms with E-state index in [4.69, 9.17) is 5.73 Å². The lowest BCUT2D eigenvalue weighted by Gasteiger charge is -2.09. The number of nitrogens with zero attached hydrogens (tertiary/aromatic N) is 2. The van der Waals surface area contributed by atoms with Crippen molar-refractivity contribution < 1.29 is 4.79 Å². The smallest absolute Gasteiger partial charge is 0.339 e. The number of rotatable bonds is 0. The predicted molar refractivity (Wildman–Crippen MR) is 33.7 cm³/mol. The summed E-state index contributed by atoms with van der Waals surface area (Å²) in [6, 6.07) is -0.554. The van der Waals surface area contributed by atoms with Gasteiger partial charge in [-0.25, -0.2) is 4.79 Å². The van der Waals surface area contributed by atoms with Gasteiger partial charge in [0.1, 0.15) is 0 Å². The first-order valence-electron chi connectivity index (χ1n) is 2.58. The second-order valence-corrected chi connectivity index (χ2v) is 1.60. The van der Waals surface area contributed by atoms with Crippen molar-refractivity contribution in [1.82, 2.24) is 5.01 Å². The highest BCUT2D eigenvalue weighted by Crippen LogP contribution is 1.96. The zero-order chi connectivity index (χ0) is 6.69. The van der Waals surface area contributed by atoms with Gasteiger partial charge < -0.3 is 5.73 Å². The summed E-state index contributed by atoms with van der Waals surface area (Å²) >= 11 is 0. The van der Waals surface area contributed by atoms with Gasteiger partial charge in [0.05, 0.1) is 0 Å². The number of carbonyl (C=O) groups is 1. The minimum absolute atomic E-state index is 0.554. The summed E-state index contributed by atoms with van der Waals surface area (Å²) in [5.41, 5.74) is 4.89. The molecule has 0 fully saturated rings. The monoisotopic (exact) mass is 125 g/mol. The highest BCUT2D eigenvalue weighted by molar-refractivity contribution is 5.75. The molecule has 0 aromatic carbocycles. The van der Waals surface area contributed by atoms with E-state index in [0.29, 0.717) is 0 Å². The Kier molecular flexibility index (Phi) is 1.48. The highest BCUT2D eigenvalue weighted by atomic mass is 16.2. The van der Waals surface area contributed by atoms with E-state index in [1.54, 1.807) is 18.5 Å². The number of carbonyl (C=O) groups excluding carboxylic acids is 1. The Morgan fingerprint density at radius 2 is 2.56 bits per heavy atom. The predicted octanol–water partition coefficient (Wildman–Crippen LogP) is 0.270. The molecule has 4 heteroatoms. The van der Waals surface area contributed by atoms with Crippen LogP contribution in [0.2, 0.25) is 0 Å². The Morgan fingerprint density at radius 1 is 1.78 bits per heavy atom. The van der Waals surface area contributed by atoms with Crippen molar-refractivity contribution in [2.45, 2.75) is 6.42 Å². The van der Waals surface area contributed by atoms with Gasteiger partial charge in [-0.3, -0.25) is 0 Å². The Labute approximate surface area is 52.6 Å². The average molecular weight is 125 g/mol. The third-order valence-electron chi connectivity index (χ3n) is 0.920. The maximum atomic E-state index is 10.3. The molecule has 0 aromatic heterocycles. The third-order valence-corrected chi connectivity index (χ3v) is 0.920. The standard InChI is InChI=1S/C5H7N3O/c6-5(9)8-4-2-1-3-7-8/h2-4H,1H2,(H2,6,9). The zero-order valence-electron chi connectivity index (χ0n) is 4.82. The summed E-state index contributed by atoms with van der Waals surface area (Å²) in [4.78, 5) is 10.3. The number of hydrazone groups is 1. The van der Waals surface area contributed by atoms with Crippen LogP contribution in [0.4, 0.5) is 4.79 Å². The molecule has 1 heterocycles. The quantitative estimate of drug-likeness (QED) is 0.496. The molecule has 0 aromatic rings. The summed E-state index contributed by atoms with van der Waals surface area (Å²) in [6.45, 7) is 0. The normalized spacial score (nSPS) is 16.2. The van der Waals surface area contributed by atoms with E-state index in [1.165, 1.54) is 0 Å². The second kappa shape index (κ2) is 2.30. The van der Waals surface area contributed by atoms with E-state index in [0.717, 1.165) is 11.4 Å². The van der Waals surface area contributed by atoms with Crippen molar-refractivity contribution in [1.29, 1.82) is 0 Å². The number of hydrogen-bond acceptors (Lipinski definition) is 2. The summed E-state index contributed by atoms with van der Waals surface area (Å²) in [5.74, 6) is 0. The number of nitrogens with two attached hydrogens (primary N) is 1. The summed E-state index contributed by atoms with van der Waals surface area (Å²) < 4.78 is 0. The van der Waals surface area contributed by atoms with Crippen molar-refractivity contribution in [3.05, 3.63) is 12.3 Å². The van der Waals surface area contributed by atoms with Crippen LogP contribution in [0.3, 0.4) is 0 Å². The number of amides is 2. The molecule has 0 unspecified atom stereocenters. The van der Waals surface area contributed by atoms with Gasteiger partial charge in [0.15, 0.2) is 0 Å². The topological polar surface area (TPSA) is 58.7 Å². The second-order valence-electron chi connectivity index (χ2n) is 1.60. The minimum Gasteiger partial charge on any atom is -0.350 e. The molecule has 0 spiro atoms. The molecule has 0 saturated heterocycles. The first kappa shape index (κ1) is 5.81. The van der Waals surface area contributed by atoms with E-state index in [2.05, 4.69) is 5.10 Å². The Morgan fingerprint density at radius 3 is 2.89 bits per heavy atom. The Hall–Kier alpha value is -1.32. The number of urea groups is 1. The third kappa shape index (κ3) is 1.28. The fraction of sp³-hybridized carbons (Fsp3) is 0.200. The molecule has 9 heavy (non-hydrogen) atoms. The van der Waals surface area contributed by atoms with Gasteiger partial charge in [0.25, 0.3) is 0 Å². The molecule has 0 radical (unpaired) electrons. The van der Waals surface area contributed by atoms with E-state index in [1.807, 2.05) is 0 Å². The van der Waals surface area contributed by atoms with Crippen molar-refractivity contribution in [2.75, 3.05) is 0 Å². The van der Waals surface area contributed by atoms with Crippen LogP contribution in [0.25, 0.3) is 0 Å². The van der Waals surface area contributed by atoms with Gasteiger partial charge in [-0.15, -0.1) is 0 Å². The molecule has 0 saturated carbocycles. The summed E-state index contributed by atoms with van der Waals surface area (Å²) in [5, 5.41) is 4.76. The Bertz CT molecular complexity index is 161. The molecule has 4 nitrogen and oxygen atoms in total. The van der Waals surface area contributed by atoms with Crippen LogP contribution in [-0.2, 0) is 0 Å². The molecule has 0 atom stereocenters. The van der Waals surface area contributed by atoms with Gasteiger partial charge in [0, 0.05) is 18.8 Å². The Balaban J connectivity index is 2.60. The largest absolute Gasteiger partial charge is 0.350 e. The van der Waals surface area contributed by atoms with Gasteiger partial charge in [-0.1, -0.05) is 6.08 Å². The number of allylic oxidation sites excluding steroid dienone is 1. The number of hydrogen-bond donors (Lipinski definition) is 1. The van der Waals surface area contributed by atoms with E-state index in [9.17, 15) is 4.79 Å². The SMILES string of the molecule is NC(=O)N1C=CCC=N1. The minimum atomic E-state index is -0.554. The van der Waals surface area contributed by atoms with E-state index >= 15 is 0 Å². The van der Waals surface area contributed by atoms with Gasteiger partial charge in [0.2, 0.25) is 0 Å². The molecule has 2 N–H and O–H groups in total. The van der Waals surface area contributed by atoms with Gasteiger partial charge in [-0.2, -0.15) is 10.1 Å². The first-order chi connectivity index (χ1) is 4.30. The molecule has 1 rings (SSSR count). The summed E-state index contributed by atoms with van der Waals surface area (Å²) in [7, 11) is 0. The average Bonchev–Trinajstić information content (AvgIpc) is 1.90. The molecule has 0 aliphatic carbocycles. The highest BCUT2D eigenvalue weighted by Gasteiger charge is 2.02. The van der Waals surface area contributed by atoms with Crippen LogP contribution in [0.15, 0.2) is 17.4 Å². The van der Waals surface area contributed by atoms with Crippen LogP contribution in [0.1, 0.15) is 6.42 Å². The lowest BCUT2D eigenvalue weighted by atomic mass is 10.4. The van der Waals surface area contributed by atoms with Crippen LogP contribution in [0, 0.1) is 0 Å². The van der Waals surface area contributed by atoms with Crippen molar-refractivity contribution in [2.24, 2.45) is 10.8 Å². The van der Waals surface area contributed by atoms with Crippen LogP contribution >= 0.6 is 0 Å². The molecule has 2 amide bonds. The molecule has 1 aliphatic heterocycles.